The number of carbonyl (C=O) groups is 1. The lowest BCUT2D eigenvalue weighted by atomic mass is 10.1. The van der Waals surface area contributed by atoms with Gasteiger partial charge in [-0.2, -0.15) is 5.10 Å². The van der Waals surface area contributed by atoms with E-state index in [4.69, 9.17) is 16.7 Å². The highest BCUT2D eigenvalue weighted by Gasteiger charge is 2.16. The molecule has 0 spiro atoms. The molecule has 1 N–H and O–H groups in total. The zero-order valence-electron chi connectivity index (χ0n) is 10.8. The van der Waals surface area contributed by atoms with E-state index in [0.29, 0.717) is 16.5 Å². The van der Waals surface area contributed by atoms with Crippen LogP contribution in [0.1, 0.15) is 10.5 Å². The molecule has 0 bridgehead atoms. The lowest BCUT2D eigenvalue weighted by molar-refractivity contribution is 0.0690. The summed E-state index contributed by atoms with van der Waals surface area (Å²) in [4.78, 5) is 15.4. The zero-order valence-corrected chi connectivity index (χ0v) is 11.5. The Morgan fingerprint density at radius 1 is 1.14 bits per heavy atom. The normalized spacial score (nSPS) is 10.5. The van der Waals surface area contributed by atoms with Crippen LogP contribution >= 0.6 is 11.6 Å². The molecule has 6 heteroatoms. The van der Waals surface area contributed by atoms with Gasteiger partial charge in [0.05, 0.1) is 5.69 Å². The maximum absolute atomic E-state index is 11.2. The minimum atomic E-state index is -1.09. The average molecular weight is 300 g/mol. The van der Waals surface area contributed by atoms with Gasteiger partial charge < -0.3 is 5.11 Å². The molecule has 0 saturated heterocycles. The summed E-state index contributed by atoms with van der Waals surface area (Å²) in [7, 11) is 0. The summed E-state index contributed by atoms with van der Waals surface area (Å²) < 4.78 is 1.50. The highest BCUT2D eigenvalue weighted by atomic mass is 35.5. The van der Waals surface area contributed by atoms with Gasteiger partial charge in [0.15, 0.2) is 11.5 Å². The van der Waals surface area contributed by atoms with Crippen molar-refractivity contribution >= 4 is 17.6 Å². The number of hydrogen-bond acceptors (Lipinski definition) is 3. The monoisotopic (exact) mass is 299 g/mol. The number of aromatic carboxylic acids is 1. The summed E-state index contributed by atoms with van der Waals surface area (Å²) in [6.07, 6.45) is 1.62. The van der Waals surface area contributed by atoms with Crippen LogP contribution < -0.4 is 0 Å². The fourth-order valence-electron chi connectivity index (χ4n) is 1.99. The predicted molar refractivity (Wildman–Crippen MR) is 78.8 cm³/mol. The number of carboxylic acid groups (broad SMARTS) is 1. The number of pyridine rings is 1. The van der Waals surface area contributed by atoms with Crippen molar-refractivity contribution < 1.29 is 9.90 Å². The van der Waals surface area contributed by atoms with Gasteiger partial charge in [0.1, 0.15) is 0 Å². The van der Waals surface area contributed by atoms with Crippen LogP contribution in [0.15, 0.2) is 54.7 Å². The molecule has 0 amide bonds. The molecule has 2 heterocycles. The lowest BCUT2D eigenvalue weighted by Gasteiger charge is -2.06. The second kappa shape index (κ2) is 5.38. The molecule has 104 valence electrons. The van der Waals surface area contributed by atoms with Crippen molar-refractivity contribution in [2.24, 2.45) is 0 Å². The predicted octanol–water partition coefficient (Wildman–Crippen LogP) is 3.29. The van der Waals surface area contributed by atoms with Crippen molar-refractivity contribution in [3.05, 3.63) is 65.4 Å². The summed E-state index contributed by atoms with van der Waals surface area (Å²) in [5.74, 6) is -0.548. The maximum atomic E-state index is 11.2. The molecule has 0 unspecified atom stereocenters. The molecule has 5 nitrogen and oxygen atoms in total. The van der Waals surface area contributed by atoms with E-state index in [1.54, 1.807) is 36.5 Å². The van der Waals surface area contributed by atoms with Crippen molar-refractivity contribution in [2.75, 3.05) is 0 Å². The first-order valence-electron chi connectivity index (χ1n) is 6.16. The van der Waals surface area contributed by atoms with Crippen LogP contribution in [0, 0.1) is 0 Å². The van der Waals surface area contributed by atoms with Crippen molar-refractivity contribution in [2.45, 2.75) is 0 Å². The molecule has 0 radical (unpaired) electrons. The van der Waals surface area contributed by atoms with E-state index in [9.17, 15) is 4.79 Å². The van der Waals surface area contributed by atoms with Crippen molar-refractivity contribution in [1.29, 1.82) is 0 Å². The topological polar surface area (TPSA) is 68.0 Å². The van der Waals surface area contributed by atoms with Gasteiger partial charge in [-0.05, 0) is 30.3 Å². The van der Waals surface area contributed by atoms with Crippen molar-refractivity contribution in [1.82, 2.24) is 14.8 Å². The second-order valence-electron chi connectivity index (χ2n) is 4.33. The Labute approximate surface area is 125 Å². The van der Waals surface area contributed by atoms with Crippen molar-refractivity contribution in [3.63, 3.8) is 0 Å². The standard InChI is InChI=1S/C15H10ClN3O2/c16-11-5-3-4-10(8-11)13-9-12(15(20)21)18-19(13)14-6-1-2-7-17-14/h1-9H,(H,20,21). The number of nitrogens with zero attached hydrogens (tertiary/aromatic N) is 3. The number of halogens is 1. The Bertz CT molecular complexity index is 800. The van der Waals surface area contributed by atoms with Crippen LogP contribution in [-0.4, -0.2) is 25.8 Å². The van der Waals surface area contributed by atoms with E-state index in [1.165, 1.54) is 10.7 Å². The first-order valence-corrected chi connectivity index (χ1v) is 6.53. The molecule has 0 aliphatic carbocycles. The van der Waals surface area contributed by atoms with Crippen LogP contribution in [0.5, 0.6) is 0 Å². The first kappa shape index (κ1) is 13.3. The molecule has 0 atom stereocenters. The third kappa shape index (κ3) is 2.64. The summed E-state index contributed by atoms with van der Waals surface area (Å²) in [5, 5.41) is 13.8. The van der Waals surface area contributed by atoms with E-state index >= 15 is 0 Å². The van der Waals surface area contributed by atoms with Gasteiger partial charge in [0.25, 0.3) is 0 Å². The van der Waals surface area contributed by atoms with Gasteiger partial charge in [0, 0.05) is 16.8 Å². The Balaban J connectivity index is 2.21. The van der Waals surface area contributed by atoms with E-state index < -0.39 is 5.97 Å². The van der Waals surface area contributed by atoms with Gasteiger partial charge in [-0.1, -0.05) is 29.8 Å². The quantitative estimate of drug-likeness (QED) is 0.806. The van der Waals surface area contributed by atoms with Crippen LogP contribution in [0.4, 0.5) is 0 Å². The Morgan fingerprint density at radius 2 is 2.00 bits per heavy atom. The van der Waals surface area contributed by atoms with Gasteiger partial charge in [-0.15, -0.1) is 0 Å². The fourth-order valence-corrected chi connectivity index (χ4v) is 2.18. The molecule has 3 aromatic rings. The van der Waals surface area contributed by atoms with Crippen molar-refractivity contribution in [3.8, 4) is 17.1 Å². The minimum Gasteiger partial charge on any atom is -0.476 e. The number of hydrogen-bond donors (Lipinski definition) is 1. The maximum Gasteiger partial charge on any atom is 0.356 e. The zero-order chi connectivity index (χ0) is 14.8. The molecule has 2 aromatic heterocycles. The average Bonchev–Trinajstić information content (AvgIpc) is 2.93. The Kier molecular flexibility index (Phi) is 3.41. The van der Waals surface area contributed by atoms with E-state index in [-0.39, 0.29) is 5.69 Å². The van der Waals surface area contributed by atoms with E-state index in [2.05, 4.69) is 10.1 Å². The van der Waals surface area contributed by atoms with Gasteiger partial charge in [0.2, 0.25) is 0 Å². The SMILES string of the molecule is O=C(O)c1cc(-c2cccc(Cl)c2)n(-c2ccccn2)n1. The minimum absolute atomic E-state index is 0.0457. The van der Waals surface area contributed by atoms with E-state index in [0.717, 1.165) is 5.56 Å². The van der Waals surface area contributed by atoms with Gasteiger partial charge >= 0.3 is 5.97 Å². The summed E-state index contributed by atoms with van der Waals surface area (Å²) in [6.45, 7) is 0. The molecule has 1 aromatic carbocycles. The summed E-state index contributed by atoms with van der Waals surface area (Å²) in [6, 6.07) is 14.0. The van der Waals surface area contributed by atoms with Crippen LogP contribution in [0.2, 0.25) is 5.02 Å². The first-order chi connectivity index (χ1) is 10.1. The van der Waals surface area contributed by atoms with Gasteiger partial charge in [-0.25, -0.2) is 14.5 Å². The molecule has 0 fully saturated rings. The third-order valence-electron chi connectivity index (χ3n) is 2.92. The largest absolute Gasteiger partial charge is 0.476 e. The van der Waals surface area contributed by atoms with Crippen LogP contribution in [-0.2, 0) is 0 Å². The molecule has 0 saturated carbocycles. The number of carboxylic acids is 1. The fraction of sp³-hybridized carbons (Fsp3) is 0. The third-order valence-corrected chi connectivity index (χ3v) is 3.15. The highest BCUT2D eigenvalue weighted by Crippen LogP contribution is 2.25. The number of benzene rings is 1. The molecule has 21 heavy (non-hydrogen) atoms. The Morgan fingerprint density at radius 3 is 2.67 bits per heavy atom. The van der Waals surface area contributed by atoms with E-state index in [1.807, 2.05) is 12.1 Å². The summed E-state index contributed by atoms with van der Waals surface area (Å²) in [5.41, 5.74) is 1.34. The lowest BCUT2D eigenvalue weighted by Crippen LogP contribution is -2.03. The summed E-state index contributed by atoms with van der Waals surface area (Å²) >= 11 is 6.00. The van der Waals surface area contributed by atoms with Crippen LogP contribution in [0.25, 0.3) is 17.1 Å². The van der Waals surface area contributed by atoms with Crippen LogP contribution in [0.3, 0.4) is 0 Å². The smallest absolute Gasteiger partial charge is 0.356 e. The molecular formula is C15H10ClN3O2. The molecule has 0 aliphatic heterocycles. The second-order valence-corrected chi connectivity index (χ2v) is 4.77. The molecule has 3 rings (SSSR count). The Hall–Kier alpha value is -2.66. The van der Waals surface area contributed by atoms with Gasteiger partial charge in [-0.3, -0.25) is 0 Å². The molecule has 0 aliphatic rings. The number of aromatic nitrogens is 3. The molecular weight excluding hydrogens is 290 g/mol. The highest BCUT2D eigenvalue weighted by molar-refractivity contribution is 6.30. The number of rotatable bonds is 3.